The molecule has 5 rings (SSSR count). The molecule has 9 heteroatoms. The number of nitrogens with one attached hydrogen (secondary N) is 1. The van der Waals surface area contributed by atoms with E-state index in [1.807, 2.05) is 17.8 Å². The average molecular weight is 467 g/mol. The molecular formula is C24H27FN6OS. The van der Waals surface area contributed by atoms with Crippen molar-refractivity contribution in [1.29, 1.82) is 0 Å². The summed E-state index contributed by atoms with van der Waals surface area (Å²) in [5.74, 6) is 2.12. The number of ether oxygens (including phenoxy) is 1. The molecule has 33 heavy (non-hydrogen) atoms. The number of nitrogens with zero attached hydrogens (tertiary/aromatic N) is 5. The summed E-state index contributed by atoms with van der Waals surface area (Å²) < 4.78 is 21.1. The van der Waals surface area contributed by atoms with Gasteiger partial charge in [0.1, 0.15) is 34.2 Å². The molecule has 0 saturated carbocycles. The second-order valence-corrected chi connectivity index (χ2v) is 9.57. The van der Waals surface area contributed by atoms with Crippen LogP contribution in [0.3, 0.4) is 0 Å². The van der Waals surface area contributed by atoms with Crippen molar-refractivity contribution >= 4 is 27.4 Å². The molecule has 1 aliphatic heterocycles. The normalized spacial score (nSPS) is 15.8. The minimum absolute atomic E-state index is 0.265. The van der Waals surface area contributed by atoms with E-state index in [-0.39, 0.29) is 11.9 Å². The molecule has 1 N–H and O–H groups in total. The standard InChI is InChI=1S/C24H27FN6OS/c1-15-16(2)33-24-20(15)22(27-19(28-24)14-31-10-12-32-13-11-31)29-21(23-26-8-9-30(23)3)17-4-6-18(25)7-5-17/h4-9,21H,10-14H2,1-3H3,(H,27,28,29). The van der Waals surface area contributed by atoms with Crippen LogP contribution in [0.2, 0.25) is 0 Å². The topological polar surface area (TPSA) is 68.1 Å². The van der Waals surface area contributed by atoms with E-state index >= 15 is 0 Å². The fraction of sp³-hybridized carbons (Fsp3) is 0.375. The summed E-state index contributed by atoms with van der Waals surface area (Å²) in [4.78, 5) is 19.0. The molecule has 7 nitrogen and oxygen atoms in total. The molecule has 1 unspecified atom stereocenters. The largest absolute Gasteiger partial charge is 0.379 e. The third-order valence-electron chi connectivity index (χ3n) is 6.14. The summed E-state index contributed by atoms with van der Waals surface area (Å²) in [7, 11) is 1.96. The van der Waals surface area contributed by atoms with E-state index in [0.29, 0.717) is 6.54 Å². The van der Waals surface area contributed by atoms with Gasteiger partial charge in [0.2, 0.25) is 0 Å². The van der Waals surface area contributed by atoms with Crippen molar-refractivity contribution in [1.82, 2.24) is 24.4 Å². The molecule has 1 fully saturated rings. The molecule has 0 bridgehead atoms. The van der Waals surface area contributed by atoms with Crippen LogP contribution in [-0.2, 0) is 18.3 Å². The van der Waals surface area contributed by atoms with Crippen LogP contribution in [0.25, 0.3) is 10.2 Å². The number of morpholine rings is 1. The smallest absolute Gasteiger partial charge is 0.146 e. The Kier molecular flexibility index (Phi) is 6.09. The van der Waals surface area contributed by atoms with Crippen LogP contribution in [0.15, 0.2) is 36.7 Å². The van der Waals surface area contributed by atoms with Crippen molar-refractivity contribution in [3.05, 3.63) is 70.1 Å². The Morgan fingerprint density at radius 3 is 2.61 bits per heavy atom. The molecule has 1 aliphatic rings. The second kappa shape index (κ2) is 9.17. The lowest BCUT2D eigenvalue weighted by Crippen LogP contribution is -2.36. The maximum Gasteiger partial charge on any atom is 0.146 e. The van der Waals surface area contributed by atoms with Gasteiger partial charge in [0.15, 0.2) is 0 Å². The van der Waals surface area contributed by atoms with Gasteiger partial charge in [-0.3, -0.25) is 4.90 Å². The number of hydrogen-bond acceptors (Lipinski definition) is 7. The SMILES string of the molecule is Cc1sc2nc(CN3CCOCC3)nc(NC(c3ccc(F)cc3)c3nccn3C)c2c1C. The van der Waals surface area contributed by atoms with Gasteiger partial charge in [-0.1, -0.05) is 12.1 Å². The number of thiophene rings is 1. The first kappa shape index (κ1) is 21.9. The van der Waals surface area contributed by atoms with Crippen molar-refractivity contribution in [2.24, 2.45) is 7.05 Å². The van der Waals surface area contributed by atoms with E-state index in [0.717, 1.165) is 59.6 Å². The lowest BCUT2D eigenvalue weighted by Gasteiger charge is -2.26. The van der Waals surface area contributed by atoms with Crippen LogP contribution in [0.1, 0.15) is 33.7 Å². The molecule has 0 spiro atoms. The Balaban J connectivity index is 1.58. The van der Waals surface area contributed by atoms with Gasteiger partial charge in [-0.05, 0) is 37.1 Å². The maximum absolute atomic E-state index is 13.7. The summed E-state index contributed by atoms with van der Waals surface area (Å²) in [5.41, 5.74) is 2.09. The molecule has 4 aromatic rings. The Hall–Kier alpha value is -2.88. The average Bonchev–Trinajstić information content (AvgIpc) is 3.36. The first-order valence-corrected chi connectivity index (χ1v) is 11.9. The number of benzene rings is 1. The van der Waals surface area contributed by atoms with Crippen LogP contribution in [0.5, 0.6) is 0 Å². The highest BCUT2D eigenvalue weighted by atomic mass is 32.1. The molecule has 1 aromatic carbocycles. The lowest BCUT2D eigenvalue weighted by atomic mass is 10.1. The first-order valence-electron chi connectivity index (χ1n) is 11.1. The zero-order valence-electron chi connectivity index (χ0n) is 19.0. The fourth-order valence-electron chi connectivity index (χ4n) is 4.17. The predicted octanol–water partition coefficient (Wildman–Crippen LogP) is 4.21. The summed E-state index contributed by atoms with van der Waals surface area (Å²) in [6.07, 6.45) is 3.68. The Morgan fingerprint density at radius 2 is 1.91 bits per heavy atom. The van der Waals surface area contributed by atoms with Gasteiger partial charge in [-0.15, -0.1) is 11.3 Å². The van der Waals surface area contributed by atoms with Gasteiger partial charge in [0.05, 0.1) is 25.1 Å². The number of fused-ring (bicyclic) bond motifs is 1. The van der Waals surface area contributed by atoms with Crippen LogP contribution < -0.4 is 5.32 Å². The van der Waals surface area contributed by atoms with Crippen molar-refractivity contribution in [3.63, 3.8) is 0 Å². The van der Waals surface area contributed by atoms with Gasteiger partial charge in [0, 0.05) is 37.4 Å². The number of aryl methyl sites for hydroxylation is 3. The van der Waals surface area contributed by atoms with Gasteiger partial charge in [0.25, 0.3) is 0 Å². The summed E-state index contributed by atoms with van der Waals surface area (Å²) in [6, 6.07) is 6.25. The monoisotopic (exact) mass is 466 g/mol. The van der Waals surface area contributed by atoms with E-state index in [9.17, 15) is 4.39 Å². The number of halogens is 1. The summed E-state index contributed by atoms with van der Waals surface area (Å²) in [6.45, 7) is 8.11. The van der Waals surface area contributed by atoms with Gasteiger partial charge in [-0.2, -0.15) is 0 Å². The molecule has 172 valence electrons. The molecule has 3 aromatic heterocycles. The summed E-state index contributed by atoms with van der Waals surface area (Å²) in [5, 5.41) is 4.67. The highest BCUT2D eigenvalue weighted by Crippen LogP contribution is 2.36. The summed E-state index contributed by atoms with van der Waals surface area (Å²) >= 11 is 1.69. The number of aromatic nitrogens is 4. The molecule has 0 amide bonds. The van der Waals surface area contributed by atoms with E-state index in [2.05, 4.69) is 29.0 Å². The van der Waals surface area contributed by atoms with Crippen LogP contribution in [0, 0.1) is 19.7 Å². The predicted molar refractivity (Wildman–Crippen MR) is 128 cm³/mol. The second-order valence-electron chi connectivity index (χ2n) is 8.37. The molecule has 0 radical (unpaired) electrons. The zero-order valence-corrected chi connectivity index (χ0v) is 19.8. The highest BCUT2D eigenvalue weighted by Gasteiger charge is 2.23. The highest BCUT2D eigenvalue weighted by molar-refractivity contribution is 7.18. The molecule has 0 aliphatic carbocycles. The van der Waals surface area contributed by atoms with Crippen LogP contribution in [0.4, 0.5) is 10.2 Å². The number of imidazole rings is 1. The molecule has 4 heterocycles. The third kappa shape index (κ3) is 4.48. The lowest BCUT2D eigenvalue weighted by molar-refractivity contribution is 0.0331. The van der Waals surface area contributed by atoms with E-state index < -0.39 is 0 Å². The van der Waals surface area contributed by atoms with Crippen molar-refractivity contribution < 1.29 is 9.13 Å². The van der Waals surface area contributed by atoms with Crippen molar-refractivity contribution in [2.45, 2.75) is 26.4 Å². The fourth-order valence-corrected chi connectivity index (χ4v) is 5.22. The number of hydrogen-bond donors (Lipinski definition) is 1. The molecule has 1 atom stereocenters. The number of rotatable bonds is 6. The minimum Gasteiger partial charge on any atom is -0.379 e. The van der Waals surface area contributed by atoms with E-state index in [4.69, 9.17) is 14.7 Å². The van der Waals surface area contributed by atoms with Crippen LogP contribution >= 0.6 is 11.3 Å². The zero-order chi connectivity index (χ0) is 22.9. The minimum atomic E-state index is -0.292. The van der Waals surface area contributed by atoms with E-state index in [1.165, 1.54) is 22.6 Å². The van der Waals surface area contributed by atoms with Crippen molar-refractivity contribution in [2.75, 3.05) is 31.6 Å². The third-order valence-corrected chi connectivity index (χ3v) is 7.25. The first-order chi connectivity index (χ1) is 16.0. The maximum atomic E-state index is 13.7. The number of anilines is 1. The molecule has 1 saturated heterocycles. The van der Waals surface area contributed by atoms with Gasteiger partial charge >= 0.3 is 0 Å². The van der Waals surface area contributed by atoms with Gasteiger partial charge in [-0.25, -0.2) is 19.3 Å². The molecular weight excluding hydrogens is 439 g/mol. The van der Waals surface area contributed by atoms with Gasteiger partial charge < -0.3 is 14.6 Å². The van der Waals surface area contributed by atoms with Crippen molar-refractivity contribution in [3.8, 4) is 0 Å². The Labute approximate surface area is 196 Å². The Bertz CT molecular complexity index is 1260. The van der Waals surface area contributed by atoms with Crippen LogP contribution in [-0.4, -0.2) is 50.7 Å². The van der Waals surface area contributed by atoms with E-state index in [1.54, 1.807) is 29.7 Å². The quantitative estimate of drug-likeness (QED) is 0.459. The Morgan fingerprint density at radius 1 is 1.15 bits per heavy atom.